The molecule has 0 unspecified atom stereocenters. The van der Waals surface area contributed by atoms with Crippen molar-refractivity contribution in [2.45, 2.75) is 6.42 Å². The fraction of sp³-hybridized carbons (Fsp3) is 0.273. The van der Waals surface area contributed by atoms with E-state index in [-0.39, 0.29) is 23.9 Å². The maximum absolute atomic E-state index is 11.3. The van der Waals surface area contributed by atoms with Gasteiger partial charge in [0.25, 0.3) is 0 Å². The van der Waals surface area contributed by atoms with Crippen molar-refractivity contribution < 1.29 is 19.1 Å². The SMILES string of the molecule is COC(=O)CC=Cc1cnc(N)c(C(=O)OC)n1. The summed E-state index contributed by atoms with van der Waals surface area (Å²) in [6.45, 7) is 0. The standard InChI is InChI=1S/C11H13N3O4/c1-17-8(15)5-3-4-7-6-13-10(12)9(14-7)11(16)18-2/h3-4,6H,5H2,1-2H3,(H2,12,13). The Labute approximate surface area is 104 Å². The molecular formula is C11H13N3O4. The van der Waals surface area contributed by atoms with Crippen molar-refractivity contribution in [3.05, 3.63) is 23.7 Å². The first-order valence-electron chi connectivity index (χ1n) is 5.02. The lowest BCUT2D eigenvalue weighted by atomic mass is 10.3. The first-order chi connectivity index (χ1) is 8.58. The highest BCUT2D eigenvalue weighted by molar-refractivity contribution is 5.91. The molecule has 0 spiro atoms. The van der Waals surface area contributed by atoms with E-state index < -0.39 is 5.97 Å². The van der Waals surface area contributed by atoms with Crippen LogP contribution in [0.3, 0.4) is 0 Å². The first-order valence-corrected chi connectivity index (χ1v) is 5.02. The molecule has 1 rings (SSSR count). The number of aromatic nitrogens is 2. The molecule has 0 saturated heterocycles. The largest absolute Gasteiger partial charge is 0.469 e. The minimum atomic E-state index is -0.664. The second-order valence-corrected chi connectivity index (χ2v) is 3.20. The number of nitrogen functional groups attached to an aromatic ring is 1. The lowest BCUT2D eigenvalue weighted by molar-refractivity contribution is -0.139. The second-order valence-electron chi connectivity index (χ2n) is 3.20. The van der Waals surface area contributed by atoms with Crippen LogP contribution in [0.4, 0.5) is 5.82 Å². The van der Waals surface area contributed by atoms with Crippen molar-refractivity contribution in [1.29, 1.82) is 0 Å². The minimum absolute atomic E-state index is 0.00744. The van der Waals surface area contributed by atoms with Crippen LogP contribution in [-0.2, 0) is 14.3 Å². The summed E-state index contributed by atoms with van der Waals surface area (Å²) in [5.41, 5.74) is 5.83. The van der Waals surface area contributed by atoms with E-state index in [1.807, 2.05) is 0 Å². The Morgan fingerprint density at radius 1 is 1.39 bits per heavy atom. The van der Waals surface area contributed by atoms with Crippen LogP contribution in [0.1, 0.15) is 22.6 Å². The molecule has 0 atom stereocenters. The van der Waals surface area contributed by atoms with Gasteiger partial charge in [-0.05, 0) is 6.08 Å². The topological polar surface area (TPSA) is 104 Å². The Hall–Kier alpha value is -2.44. The maximum Gasteiger partial charge on any atom is 0.360 e. The molecule has 0 radical (unpaired) electrons. The van der Waals surface area contributed by atoms with Gasteiger partial charge in [0.1, 0.15) is 0 Å². The van der Waals surface area contributed by atoms with Gasteiger partial charge in [-0.3, -0.25) is 4.79 Å². The Morgan fingerprint density at radius 3 is 2.72 bits per heavy atom. The molecule has 7 nitrogen and oxygen atoms in total. The zero-order valence-electron chi connectivity index (χ0n) is 10.0. The number of anilines is 1. The van der Waals surface area contributed by atoms with Crippen molar-refractivity contribution >= 4 is 23.8 Å². The van der Waals surface area contributed by atoms with Gasteiger partial charge in [0.15, 0.2) is 11.5 Å². The fourth-order valence-corrected chi connectivity index (χ4v) is 1.10. The molecular weight excluding hydrogens is 238 g/mol. The molecule has 1 aromatic heterocycles. The molecule has 0 fully saturated rings. The van der Waals surface area contributed by atoms with Gasteiger partial charge in [-0.1, -0.05) is 6.08 Å². The van der Waals surface area contributed by atoms with Crippen LogP contribution in [0.25, 0.3) is 6.08 Å². The summed E-state index contributed by atoms with van der Waals surface area (Å²) in [7, 11) is 2.53. The third kappa shape index (κ3) is 3.55. The average molecular weight is 251 g/mol. The van der Waals surface area contributed by atoms with Crippen LogP contribution < -0.4 is 5.73 Å². The van der Waals surface area contributed by atoms with Gasteiger partial charge in [0.05, 0.1) is 32.5 Å². The Morgan fingerprint density at radius 2 is 2.11 bits per heavy atom. The highest BCUT2D eigenvalue weighted by Crippen LogP contribution is 2.08. The summed E-state index contributed by atoms with van der Waals surface area (Å²) in [6, 6.07) is 0. The van der Waals surface area contributed by atoms with Crippen LogP contribution >= 0.6 is 0 Å². The van der Waals surface area contributed by atoms with Gasteiger partial charge in [-0.25, -0.2) is 14.8 Å². The molecule has 96 valence electrons. The molecule has 0 aliphatic heterocycles. The molecule has 0 amide bonds. The lowest BCUT2D eigenvalue weighted by Crippen LogP contribution is -2.10. The second kappa shape index (κ2) is 6.33. The number of methoxy groups -OCH3 is 2. The van der Waals surface area contributed by atoms with E-state index in [2.05, 4.69) is 19.4 Å². The highest BCUT2D eigenvalue weighted by atomic mass is 16.5. The van der Waals surface area contributed by atoms with Crippen molar-refractivity contribution in [1.82, 2.24) is 9.97 Å². The lowest BCUT2D eigenvalue weighted by Gasteiger charge is -2.02. The van der Waals surface area contributed by atoms with E-state index >= 15 is 0 Å². The number of ether oxygens (including phenoxy) is 2. The van der Waals surface area contributed by atoms with E-state index in [1.54, 1.807) is 6.08 Å². The summed E-state index contributed by atoms with van der Waals surface area (Å²) in [6.07, 6.45) is 4.58. The minimum Gasteiger partial charge on any atom is -0.469 e. The summed E-state index contributed by atoms with van der Waals surface area (Å²) in [5, 5.41) is 0. The van der Waals surface area contributed by atoms with Crippen LogP contribution in [-0.4, -0.2) is 36.1 Å². The van der Waals surface area contributed by atoms with Gasteiger partial charge in [0, 0.05) is 0 Å². The normalized spacial score (nSPS) is 10.3. The number of carbonyl (C=O) groups is 2. The maximum atomic E-state index is 11.3. The number of nitrogens with two attached hydrogens (primary N) is 1. The fourth-order valence-electron chi connectivity index (χ4n) is 1.10. The van der Waals surface area contributed by atoms with Crippen LogP contribution in [0, 0.1) is 0 Å². The third-order valence-electron chi connectivity index (χ3n) is 2.00. The number of hydrogen-bond donors (Lipinski definition) is 1. The Balaban J connectivity index is 2.85. The first kappa shape index (κ1) is 13.6. The van der Waals surface area contributed by atoms with E-state index in [0.29, 0.717) is 5.69 Å². The number of esters is 2. The van der Waals surface area contributed by atoms with E-state index in [9.17, 15) is 9.59 Å². The molecule has 1 heterocycles. The van der Waals surface area contributed by atoms with Crippen molar-refractivity contribution in [3.63, 3.8) is 0 Å². The van der Waals surface area contributed by atoms with Crippen LogP contribution in [0.15, 0.2) is 12.3 Å². The smallest absolute Gasteiger partial charge is 0.360 e. The number of hydrogen-bond acceptors (Lipinski definition) is 7. The van der Waals surface area contributed by atoms with Crippen LogP contribution in [0.5, 0.6) is 0 Å². The van der Waals surface area contributed by atoms with Gasteiger partial charge in [0.2, 0.25) is 0 Å². The molecule has 0 aliphatic rings. The Bertz CT molecular complexity index is 485. The van der Waals surface area contributed by atoms with Crippen molar-refractivity contribution in [2.75, 3.05) is 20.0 Å². The zero-order chi connectivity index (χ0) is 13.5. The molecule has 0 aromatic carbocycles. The molecule has 2 N–H and O–H groups in total. The van der Waals surface area contributed by atoms with E-state index in [4.69, 9.17) is 5.73 Å². The van der Waals surface area contributed by atoms with Gasteiger partial charge < -0.3 is 15.2 Å². The Kier molecular flexibility index (Phi) is 4.79. The van der Waals surface area contributed by atoms with E-state index in [1.165, 1.54) is 26.5 Å². The molecule has 18 heavy (non-hydrogen) atoms. The number of carbonyl (C=O) groups excluding carboxylic acids is 2. The molecule has 0 saturated carbocycles. The van der Waals surface area contributed by atoms with Crippen molar-refractivity contribution in [3.8, 4) is 0 Å². The van der Waals surface area contributed by atoms with Crippen molar-refractivity contribution in [2.24, 2.45) is 0 Å². The highest BCUT2D eigenvalue weighted by Gasteiger charge is 2.13. The molecule has 1 aromatic rings. The van der Waals surface area contributed by atoms with Gasteiger partial charge >= 0.3 is 11.9 Å². The predicted octanol–water partition coefficient (Wildman–Crippen LogP) is 0.422. The van der Waals surface area contributed by atoms with Crippen LogP contribution in [0.2, 0.25) is 0 Å². The van der Waals surface area contributed by atoms with E-state index in [0.717, 1.165) is 0 Å². The predicted molar refractivity (Wildman–Crippen MR) is 63.5 cm³/mol. The van der Waals surface area contributed by atoms with Gasteiger partial charge in [-0.15, -0.1) is 0 Å². The molecule has 0 bridgehead atoms. The molecule has 7 heteroatoms. The average Bonchev–Trinajstić information content (AvgIpc) is 2.39. The van der Waals surface area contributed by atoms with Gasteiger partial charge in [-0.2, -0.15) is 0 Å². The quantitative estimate of drug-likeness (QED) is 0.773. The number of rotatable bonds is 4. The number of nitrogens with zero attached hydrogens (tertiary/aromatic N) is 2. The third-order valence-corrected chi connectivity index (χ3v) is 2.00. The summed E-state index contributed by atoms with van der Waals surface area (Å²) in [5.74, 6) is -1.04. The monoisotopic (exact) mass is 251 g/mol. The summed E-state index contributed by atoms with van der Waals surface area (Å²) in [4.78, 5) is 30.0. The zero-order valence-corrected chi connectivity index (χ0v) is 10.0. The summed E-state index contributed by atoms with van der Waals surface area (Å²) < 4.78 is 8.98. The summed E-state index contributed by atoms with van der Waals surface area (Å²) >= 11 is 0. The molecule has 0 aliphatic carbocycles.